The first kappa shape index (κ1) is 14.2. The van der Waals surface area contributed by atoms with Gasteiger partial charge in [0.05, 0.1) is 0 Å². The molecule has 0 fully saturated rings. The summed E-state index contributed by atoms with van der Waals surface area (Å²) in [6.07, 6.45) is -0.200. The summed E-state index contributed by atoms with van der Waals surface area (Å²) < 4.78 is 5.06. The zero-order valence-electron chi connectivity index (χ0n) is 11.4. The van der Waals surface area contributed by atoms with Crippen molar-refractivity contribution in [2.45, 2.75) is 39.7 Å². The van der Waals surface area contributed by atoms with Gasteiger partial charge >= 0.3 is 6.09 Å². The number of rotatable bonds is 2. The molecule has 0 saturated carbocycles. The Labute approximate surface area is 108 Å². The molecule has 1 amide bonds. The van der Waals surface area contributed by atoms with Crippen LogP contribution in [0.4, 0.5) is 4.79 Å². The normalized spacial score (nSPS) is 12.3. The molecule has 2 N–H and O–H groups in total. The Morgan fingerprint density at radius 3 is 2.61 bits per heavy atom. The van der Waals surface area contributed by atoms with Gasteiger partial charge in [-0.3, -0.25) is 0 Å². The number of carbonyl (C=O) groups is 1. The number of ether oxygens (including phenoxy) is 1. The molecule has 4 nitrogen and oxygen atoms in total. The summed E-state index contributed by atoms with van der Waals surface area (Å²) in [7, 11) is 0. The monoisotopic (exact) mass is 248 g/mol. The van der Waals surface area contributed by atoms with Crippen LogP contribution in [0.25, 0.3) is 0 Å². The second kappa shape index (κ2) is 5.67. The first-order valence-corrected chi connectivity index (χ1v) is 5.88. The van der Waals surface area contributed by atoms with E-state index in [2.05, 4.69) is 4.99 Å². The molecule has 0 spiro atoms. The Hall–Kier alpha value is -1.84. The van der Waals surface area contributed by atoms with Crippen LogP contribution in [0.15, 0.2) is 29.3 Å². The third-order valence-electron chi connectivity index (χ3n) is 2.10. The Morgan fingerprint density at radius 1 is 1.39 bits per heavy atom. The van der Waals surface area contributed by atoms with Crippen LogP contribution < -0.4 is 5.73 Å². The first-order chi connectivity index (χ1) is 8.26. The number of hydrogen-bond donors (Lipinski definition) is 1. The van der Waals surface area contributed by atoms with Gasteiger partial charge < -0.3 is 10.5 Å². The molecule has 0 aliphatic carbocycles. The second-order valence-electron chi connectivity index (χ2n) is 5.25. The number of aryl methyl sites for hydroxylation is 1. The highest BCUT2D eigenvalue weighted by atomic mass is 16.6. The average molecular weight is 248 g/mol. The molecule has 0 aromatic heterocycles. The molecular formula is C14H20N2O2. The molecule has 4 heteroatoms. The van der Waals surface area contributed by atoms with Crippen LogP contribution in [-0.2, 0) is 11.2 Å². The third-order valence-corrected chi connectivity index (χ3v) is 2.10. The summed E-state index contributed by atoms with van der Waals surface area (Å²) in [5.74, 6) is 0.259. The summed E-state index contributed by atoms with van der Waals surface area (Å²) in [5, 5.41) is 0. The Bertz CT molecular complexity index is 459. The van der Waals surface area contributed by atoms with Crippen LogP contribution in [0.2, 0.25) is 0 Å². The van der Waals surface area contributed by atoms with Crippen molar-refractivity contribution in [2.75, 3.05) is 0 Å². The smallest absolute Gasteiger partial charge is 0.435 e. The van der Waals surface area contributed by atoms with Gasteiger partial charge in [0.1, 0.15) is 11.4 Å². The van der Waals surface area contributed by atoms with Gasteiger partial charge in [0.15, 0.2) is 0 Å². The maximum absolute atomic E-state index is 11.4. The summed E-state index contributed by atoms with van der Waals surface area (Å²) in [6, 6.07) is 7.91. The Balaban J connectivity index is 2.65. The number of amides is 1. The molecular weight excluding hydrogens is 228 g/mol. The van der Waals surface area contributed by atoms with Crippen LogP contribution in [0, 0.1) is 6.92 Å². The lowest BCUT2D eigenvalue weighted by Crippen LogP contribution is -2.24. The van der Waals surface area contributed by atoms with Crippen LogP contribution in [0.5, 0.6) is 0 Å². The lowest BCUT2D eigenvalue weighted by molar-refractivity contribution is 0.0604. The van der Waals surface area contributed by atoms with Crippen molar-refractivity contribution in [2.24, 2.45) is 10.7 Å². The summed E-state index contributed by atoms with van der Waals surface area (Å²) in [5.41, 5.74) is 7.35. The van der Waals surface area contributed by atoms with Crippen LogP contribution in [-0.4, -0.2) is 17.5 Å². The molecule has 0 saturated heterocycles. The minimum atomic E-state index is -0.646. The topological polar surface area (TPSA) is 64.7 Å². The zero-order chi connectivity index (χ0) is 13.8. The fraction of sp³-hybridized carbons (Fsp3) is 0.429. The maximum atomic E-state index is 11.4. The number of amidine groups is 1. The van der Waals surface area contributed by atoms with Crippen LogP contribution in [0.1, 0.15) is 31.9 Å². The van der Waals surface area contributed by atoms with E-state index in [0.717, 1.165) is 11.1 Å². The van der Waals surface area contributed by atoms with E-state index in [-0.39, 0.29) is 5.84 Å². The molecule has 0 unspecified atom stereocenters. The summed E-state index contributed by atoms with van der Waals surface area (Å²) in [6.45, 7) is 7.37. The van der Waals surface area contributed by atoms with Crippen molar-refractivity contribution in [3.8, 4) is 0 Å². The van der Waals surface area contributed by atoms with E-state index in [4.69, 9.17) is 10.5 Å². The second-order valence-corrected chi connectivity index (χ2v) is 5.25. The molecule has 0 aliphatic rings. The molecule has 18 heavy (non-hydrogen) atoms. The van der Waals surface area contributed by atoms with Crippen LogP contribution >= 0.6 is 0 Å². The molecule has 0 aliphatic heterocycles. The molecule has 1 aromatic carbocycles. The number of nitrogens with zero attached hydrogens (tertiary/aromatic N) is 1. The number of nitrogens with two attached hydrogens (primary N) is 1. The van der Waals surface area contributed by atoms with Gasteiger partial charge in [0.25, 0.3) is 0 Å². The van der Waals surface area contributed by atoms with Crippen molar-refractivity contribution in [3.05, 3.63) is 35.4 Å². The van der Waals surface area contributed by atoms with E-state index in [1.165, 1.54) is 0 Å². The Kier molecular flexibility index (Phi) is 4.48. The average Bonchev–Trinajstić information content (AvgIpc) is 2.13. The first-order valence-electron chi connectivity index (χ1n) is 5.88. The largest absolute Gasteiger partial charge is 0.442 e. The van der Waals surface area contributed by atoms with E-state index in [1.807, 2.05) is 31.2 Å². The van der Waals surface area contributed by atoms with E-state index in [0.29, 0.717) is 6.42 Å². The molecule has 0 atom stereocenters. The van der Waals surface area contributed by atoms with Crippen molar-refractivity contribution < 1.29 is 9.53 Å². The predicted octanol–water partition coefficient (Wildman–Crippen LogP) is 2.83. The number of benzene rings is 1. The third kappa shape index (κ3) is 5.48. The SMILES string of the molecule is Cc1cccc(C/C(N)=N/C(=O)OC(C)(C)C)c1. The van der Waals surface area contributed by atoms with E-state index >= 15 is 0 Å². The lowest BCUT2D eigenvalue weighted by atomic mass is 10.1. The van der Waals surface area contributed by atoms with Gasteiger partial charge in [-0.15, -0.1) is 0 Å². The maximum Gasteiger partial charge on any atom is 0.435 e. The predicted molar refractivity (Wildman–Crippen MR) is 72.7 cm³/mol. The standard InChI is InChI=1S/C14H20N2O2/c1-10-6-5-7-11(8-10)9-12(15)16-13(17)18-14(2,3)4/h5-8H,9H2,1-4H3,(H2,15,16,17). The van der Waals surface area contributed by atoms with E-state index in [1.54, 1.807) is 20.8 Å². The van der Waals surface area contributed by atoms with Crippen molar-refractivity contribution >= 4 is 11.9 Å². The summed E-state index contributed by atoms with van der Waals surface area (Å²) >= 11 is 0. The minimum absolute atomic E-state index is 0.259. The van der Waals surface area contributed by atoms with Crippen LogP contribution in [0.3, 0.4) is 0 Å². The number of aliphatic imine (C=N–C) groups is 1. The highest BCUT2D eigenvalue weighted by Gasteiger charge is 2.15. The lowest BCUT2D eigenvalue weighted by Gasteiger charge is -2.17. The van der Waals surface area contributed by atoms with Gasteiger partial charge in [0.2, 0.25) is 0 Å². The number of carbonyl (C=O) groups excluding carboxylic acids is 1. The van der Waals surface area contributed by atoms with Crippen molar-refractivity contribution in [1.29, 1.82) is 0 Å². The molecule has 1 rings (SSSR count). The fourth-order valence-electron chi connectivity index (χ4n) is 1.47. The number of hydrogen-bond acceptors (Lipinski definition) is 2. The van der Waals surface area contributed by atoms with E-state index < -0.39 is 11.7 Å². The molecule has 0 heterocycles. The van der Waals surface area contributed by atoms with Gasteiger partial charge in [0, 0.05) is 6.42 Å². The minimum Gasteiger partial charge on any atom is -0.442 e. The Morgan fingerprint density at radius 2 is 2.06 bits per heavy atom. The van der Waals surface area contributed by atoms with Crippen molar-refractivity contribution in [1.82, 2.24) is 0 Å². The van der Waals surface area contributed by atoms with Crippen molar-refractivity contribution in [3.63, 3.8) is 0 Å². The van der Waals surface area contributed by atoms with Gasteiger partial charge in [-0.1, -0.05) is 29.8 Å². The zero-order valence-corrected chi connectivity index (χ0v) is 11.4. The summed E-state index contributed by atoms with van der Waals surface area (Å²) in [4.78, 5) is 15.2. The molecule has 1 aromatic rings. The molecule has 0 radical (unpaired) electrons. The van der Waals surface area contributed by atoms with Gasteiger partial charge in [-0.25, -0.2) is 4.79 Å². The van der Waals surface area contributed by atoms with Gasteiger partial charge in [-0.05, 0) is 33.3 Å². The fourth-order valence-corrected chi connectivity index (χ4v) is 1.47. The van der Waals surface area contributed by atoms with E-state index in [9.17, 15) is 4.79 Å². The molecule has 0 bridgehead atoms. The quantitative estimate of drug-likeness (QED) is 0.646. The van der Waals surface area contributed by atoms with Gasteiger partial charge in [-0.2, -0.15) is 4.99 Å². The highest BCUT2D eigenvalue weighted by molar-refractivity contribution is 5.92. The highest BCUT2D eigenvalue weighted by Crippen LogP contribution is 2.09. The molecule has 98 valence electrons.